The Morgan fingerprint density at radius 1 is 1.33 bits per heavy atom. The Labute approximate surface area is 173 Å². The van der Waals surface area contributed by atoms with E-state index in [0.717, 1.165) is 18.4 Å². The molecule has 1 aromatic carbocycles. The molecule has 156 valence electrons. The smallest absolute Gasteiger partial charge is 0.407 e. The third kappa shape index (κ3) is 2.76. The highest BCUT2D eigenvalue weighted by Gasteiger charge is 2.64. The summed E-state index contributed by atoms with van der Waals surface area (Å²) in [6, 6.07) is 7.37. The van der Waals surface area contributed by atoms with Gasteiger partial charge in [0, 0.05) is 18.5 Å². The van der Waals surface area contributed by atoms with E-state index < -0.39 is 23.1 Å². The van der Waals surface area contributed by atoms with E-state index in [1.165, 1.54) is 23.1 Å². The van der Waals surface area contributed by atoms with Gasteiger partial charge in [0.1, 0.15) is 11.6 Å². The first-order valence-corrected chi connectivity index (χ1v) is 9.90. The first-order valence-electron chi connectivity index (χ1n) is 9.90. The number of amides is 1. The maximum absolute atomic E-state index is 14.3. The topological polar surface area (TPSA) is 90.1 Å². The maximum Gasteiger partial charge on any atom is 0.407 e. The van der Waals surface area contributed by atoms with Crippen molar-refractivity contribution in [1.82, 2.24) is 15.1 Å². The summed E-state index contributed by atoms with van der Waals surface area (Å²) in [5, 5.41) is 27.1. The van der Waals surface area contributed by atoms with Gasteiger partial charge in [-0.3, -0.25) is 0 Å². The molecule has 0 unspecified atom stereocenters. The molecule has 0 saturated heterocycles. The van der Waals surface area contributed by atoms with Crippen LogP contribution in [0.25, 0.3) is 11.3 Å². The highest BCUT2D eigenvalue weighted by atomic mass is 19.1. The van der Waals surface area contributed by atoms with E-state index in [1.54, 1.807) is 6.07 Å². The third-order valence-electron chi connectivity index (χ3n) is 7.06. The van der Waals surface area contributed by atoms with Crippen LogP contribution in [0.3, 0.4) is 0 Å². The van der Waals surface area contributed by atoms with Gasteiger partial charge in [-0.2, -0.15) is 15.5 Å². The van der Waals surface area contributed by atoms with Crippen LogP contribution in [-0.2, 0) is 5.41 Å². The van der Waals surface area contributed by atoms with Crippen LogP contribution in [0.2, 0.25) is 0 Å². The molecule has 1 fully saturated rings. The van der Waals surface area contributed by atoms with Gasteiger partial charge in [0.2, 0.25) is 0 Å². The number of hydrogen-bond donors (Lipinski definition) is 1. The Morgan fingerprint density at radius 2 is 2.03 bits per heavy atom. The lowest BCUT2D eigenvalue weighted by Gasteiger charge is -2.40. The van der Waals surface area contributed by atoms with Gasteiger partial charge in [0.15, 0.2) is 0 Å². The van der Waals surface area contributed by atoms with Crippen LogP contribution < -0.4 is 0 Å². The molecule has 0 spiro atoms. The fourth-order valence-electron chi connectivity index (χ4n) is 5.39. The number of hydrogen-bond acceptors (Lipinski definition) is 4. The van der Waals surface area contributed by atoms with Gasteiger partial charge < -0.3 is 10.0 Å². The number of fused-ring (bicyclic) bond motifs is 5. The van der Waals surface area contributed by atoms with Crippen molar-refractivity contribution in [1.29, 1.82) is 5.26 Å². The summed E-state index contributed by atoms with van der Waals surface area (Å²) < 4.78 is 28.6. The molecule has 2 bridgehead atoms. The number of carboxylic acid groups (broad SMARTS) is 1. The second-order valence-electron chi connectivity index (χ2n) is 8.64. The molecular formula is C22H22F2N4O2. The van der Waals surface area contributed by atoms with Gasteiger partial charge in [0.05, 0.1) is 29.4 Å². The van der Waals surface area contributed by atoms with Gasteiger partial charge in [-0.15, -0.1) is 0 Å². The minimum absolute atomic E-state index is 0.0863. The van der Waals surface area contributed by atoms with Crippen LogP contribution in [0.4, 0.5) is 13.6 Å². The van der Waals surface area contributed by atoms with Crippen molar-refractivity contribution < 1.29 is 18.7 Å². The Bertz CT molecular complexity index is 1050. The number of aromatic nitrogens is 2. The van der Waals surface area contributed by atoms with Crippen molar-refractivity contribution >= 4 is 6.09 Å². The minimum Gasteiger partial charge on any atom is -0.465 e. The highest BCUT2D eigenvalue weighted by Crippen LogP contribution is 2.67. The predicted octanol–water partition coefficient (Wildman–Crippen LogP) is 4.47. The molecule has 2 atom stereocenters. The molecule has 1 saturated carbocycles. The largest absolute Gasteiger partial charge is 0.465 e. The standard InChI is InChI=1S/C22H22F2N4O2/c1-21(2)14-7-8-22(21,12-28(20(29)30)10-4-9-25)19-13(14)11-17(26-27-19)18-15(23)5-3-6-16(18)24/h3,5-6,11,14H,4,7-8,10,12H2,1-2H3,(H,29,30)/t14-,22-/m0/s1. The molecule has 4 rings (SSSR count). The van der Waals surface area contributed by atoms with Gasteiger partial charge in [-0.1, -0.05) is 19.9 Å². The molecule has 2 aliphatic rings. The number of halogens is 2. The van der Waals surface area contributed by atoms with E-state index in [2.05, 4.69) is 24.0 Å². The maximum atomic E-state index is 14.3. The van der Waals surface area contributed by atoms with Gasteiger partial charge in [-0.25, -0.2) is 13.6 Å². The Hall–Kier alpha value is -3.08. The van der Waals surface area contributed by atoms with Crippen LogP contribution in [0.15, 0.2) is 24.3 Å². The van der Waals surface area contributed by atoms with Crippen LogP contribution in [-0.4, -0.2) is 39.4 Å². The average Bonchev–Trinajstić information content (AvgIpc) is 3.05. The zero-order valence-corrected chi connectivity index (χ0v) is 16.8. The molecule has 30 heavy (non-hydrogen) atoms. The Balaban J connectivity index is 1.79. The number of carbonyl (C=O) groups is 1. The number of benzene rings is 1. The zero-order chi connectivity index (χ0) is 21.7. The lowest BCUT2D eigenvalue weighted by molar-refractivity contribution is 0.105. The molecule has 0 aliphatic heterocycles. The normalized spacial score (nSPS) is 23.1. The quantitative estimate of drug-likeness (QED) is 0.783. The van der Waals surface area contributed by atoms with Crippen LogP contribution in [0.1, 0.15) is 50.3 Å². The van der Waals surface area contributed by atoms with Crippen molar-refractivity contribution in [2.24, 2.45) is 5.41 Å². The van der Waals surface area contributed by atoms with Crippen molar-refractivity contribution in [3.8, 4) is 17.3 Å². The van der Waals surface area contributed by atoms with Crippen LogP contribution in [0, 0.1) is 28.4 Å². The first kappa shape index (κ1) is 20.2. The van der Waals surface area contributed by atoms with Crippen LogP contribution >= 0.6 is 0 Å². The van der Waals surface area contributed by atoms with E-state index in [4.69, 9.17) is 5.26 Å². The van der Waals surface area contributed by atoms with E-state index in [-0.39, 0.29) is 42.1 Å². The van der Waals surface area contributed by atoms with Crippen LogP contribution in [0.5, 0.6) is 0 Å². The summed E-state index contributed by atoms with van der Waals surface area (Å²) >= 11 is 0. The molecule has 1 amide bonds. The molecule has 2 aromatic rings. The summed E-state index contributed by atoms with van der Waals surface area (Å²) in [7, 11) is 0. The Morgan fingerprint density at radius 3 is 2.67 bits per heavy atom. The molecule has 6 nitrogen and oxygen atoms in total. The summed E-state index contributed by atoms with van der Waals surface area (Å²) in [4.78, 5) is 13.1. The first-order chi connectivity index (χ1) is 14.2. The van der Waals surface area contributed by atoms with E-state index >= 15 is 0 Å². The fraction of sp³-hybridized carbons (Fsp3) is 0.455. The highest BCUT2D eigenvalue weighted by molar-refractivity contribution is 5.66. The summed E-state index contributed by atoms with van der Waals surface area (Å²) in [5.74, 6) is -1.31. The number of nitriles is 1. The van der Waals surface area contributed by atoms with Crippen molar-refractivity contribution in [2.45, 2.75) is 44.4 Å². The molecule has 1 aromatic heterocycles. The van der Waals surface area contributed by atoms with E-state index in [1.807, 2.05) is 6.07 Å². The van der Waals surface area contributed by atoms with E-state index in [0.29, 0.717) is 5.69 Å². The second-order valence-corrected chi connectivity index (χ2v) is 8.64. The van der Waals surface area contributed by atoms with Gasteiger partial charge in [-0.05, 0) is 47.9 Å². The Kier molecular flexibility index (Phi) is 4.72. The molecule has 2 aliphatic carbocycles. The lowest BCUT2D eigenvalue weighted by Crippen LogP contribution is -2.48. The monoisotopic (exact) mass is 412 g/mol. The SMILES string of the molecule is CC1(C)[C@H]2CC[C@]1(CN(CCC#N)C(=O)O)c1nnc(-c3c(F)cccc3F)cc12. The van der Waals surface area contributed by atoms with Crippen molar-refractivity contribution in [3.63, 3.8) is 0 Å². The summed E-state index contributed by atoms with van der Waals surface area (Å²) in [6.45, 7) is 4.50. The zero-order valence-electron chi connectivity index (χ0n) is 16.8. The molecule has 1 N–H and O–H groups in total. The third-order valence-corrected chi connectivity index (χ3v) is 7.06. The molecule has 0 radical (unpaired) electrons. The van der Waals surface area contributed by atoms with Crippen molar-refractivity contribution in [3.05, 3.63) is 47.2 Å². The molecular weight excluding hydrogens is 390 g/mol. The second kappa shape index (κ2) is 7.01. The number of nitrogens with zero attached hydrogens (tertiary/aromatic N) is 4. The predicted molar refractivity (Wildman–Crippen MR) is 105 cm³/mol. The summed E-state index contributed by atoms with van der Waals surface area (Å²) in [5.41, 5.74) is 0.653. The van der Waals surface area contributed by atoms with E-state index in [9.17, 15) is 18.7 Å². The fourth-order valence-corrected chi connectivity index (χ4v) is 5.39. The lowest BCUT2D eigenvalue weighted by atomic mass is 9.68. The molecule has 8 heteroatoms. The minimum atomic E-state index is -1.08. The number of rotatable bonds is 5. The molecule has 1 heterocycles. The van der Waals surface area contributed by atoms with Crippen molar-refractivity contribution in [2.75, 3.05) is 13.1 Å². The van der Waals surface area contributed by atoms with Gasteiger partial charge >= 0.3 is 6.09 Å². The summed E-state index contributed by atoms with van der Waals surface area (Å²) in [6.07, 6.45) is 0.605. The average molecular weight is 412 g/mol. The van der Waals surface area contributed by atoms with Gasteiger partial charge in [0.25, 0.3) is 0 Å².